The molecule has 2 aromatic carbocycles. The van der Waals surface area contributed by atoms with Crippen LogP contribution < -0.4 is 0 Å². The highest BCUT2D eigenvalue weighted by Gasteiger charge is 2.07. The van der Waals surface area contributed by atoms with E-state index in [0.29, 0.717) is 0 Å². The summed E-state index contributed by atoms with van der Waals surface area (Å²) in [6.07, 6.45) is 2.76. The van der Waals surface area contributed by atoms with E-state index < -0.39 is 0 Å². The van der Waals surface area contributed by atoms with E-state index in [1.807, 2.05) is 24.4 Å². The molecule has 0 bridgehead atoms. The van der Waals surface area contributed by atoms with E-state index in [9.17, 15) is 10.1 Å². The van der Waals surface area contributed by atoms with Crippen molar-refractivity contribution in [3.8, 4) is 0 Å². The minimum atomic E-state index is -0.379. The van der Waals surface area contributed by atoms with Crippen molar-refractivity contribution in [1.29, 1.82) is 0 Å². The van der Waals surface area contributed by atoms with Gasteiger partial charge in [-0.05, 0) is 23.6 Å². The molecule has 0 atom stereocenters. The van der Waals surface area contributed by atoms with E-state index in [4.69, 9.17) is 0 Å². The van der Waals surface area contributed by atoms with Gasteiger partial charge < -0.3 is 4.98 Å². The van der Waals surface area contributed by atoms with Crippen LogP contribution in [0, 0.1) is 10.1 Å². The number of H-pyrrole nitrogens is 1. The van der Waals surface area contributed by atoms with Crippen LogP contribution in [-0.2, 0) is 6.42 Å². The molecule has 3 aromatic rings. The van der Waals surface area contributed by atoms with Gasteiger partial charge in [0.1, 0.15) is 0 Å². The van der Waals surface area contributed by atoms with E-state index >= 15 is 0 Å². The van der Waals surface area contributed by atoms with Crippen molar-refractivity contribution in [2.75, 3.05) is 0 Å². The van der Waals surface area contributed by atoms with Gasteiger partial charge in [0.25, 0.3) is 5.69 Å². The molecule has 1 heterocycles. The molecule has 1 aromatic heterocycles. The third kappa shape index (κ3) is 2.20. The molecular formula is C15H12N2O2. The summed E-state index contributed by atoms with van der Waals surface area (Å²) >= 11 is 0. The van der Waals surface area contributed by atoms with Gasteiger partial charge in [-0.25, -0.2) is 0 Å². The lowest BCUT2D eigenvalue weighted by Gasteiger charge is -2.00. The van der Waals surface area contributed by atoms with Gasteiger partial charge in [0.2, 0.25) is 0 Å². The molecule has 0 radical (unpaired) electrons. The molecular weight excluding hydrogens is 240 g/mol. The van der Waals surface area contributed by atoms with Crippen molar-refractivity contribution in [3.05, 3.63) is 76.0 Å². The first-order valence-corrected chi connectivity index (χ1v) is 6.02. The van der Waals surface area contributed by atoms with E-state index in [0.717, 1.165) is 17.5 Å². The number of non-ortho nitro benzene ring substituents is 1. The summed E-state index contributed by atoms with van der Waals surface area (Å²) in [5, 5.41) is 11.8. The molecule has 0 spiro atoms. The van der Waals surface area contributed by atoms with E-state index in [2.05, 4.69) is 11.1 Å². The van der Waals surface area contributed by atoms with E-state index in [1.165, 1.54) is 10.9 Å². The highest BCUT2D eigenvalue weighted by Crippen LogP contribution is 2.21. The van der Waals surface area contributed by atoms with Gasteiger partial charge >= 0.3 is 0 Å². The van der Waals surface area contributed by atoms with Gasteiger partial charge in [-0.3, -0.25) is 10.1 Å². The first-order chi connectivity index (χ1) is 9.24. The summed E-state index contributed by atoms with van der Waals surface area (Å²) in [4.78, 5) is 13.5. The topological polar surface area (TPSA) is 58.9 Å². The highest BCUT2D eigenvalue weighted by molar-refractivity contribution is 5.83. The minimum absolute atomic E-state index is 0.127. The van der Waals surface area contributed by atoms with Gasteiger partial charge in [0.05, 0.1) is 4.92 Å². The third-order valence-electron chi connectivity index (χ3n) is 3.22. The first-order valence-electron chi connectivity index (χ1n) is 6.02. The zero-order valence-electron chi connectivity index (χ0n) is 10.2. The zero-order valence-corrected chi connectivity index (χ0v) is 10.2. The second-order valence-electron chi connectivity index (χ2n) is 4.46. The number of aromatic amines is 1. The number of nitro benzene ring substituents is 1. The highest BCUT2D eigenvalue weighted by atomic mass is 16.6. The average Bonchev–Trinajstić information content (AvgIpc) is 2.83. The molecule has 0 aliphatic carbocycles. The molecule has 3 rings (SSSR count). The maximum atomic E-state index is 10.6. The first kappa shape index (κ1) is 11.5. The van der Waals surface area contributed by atoms with Gasteiger partial charge in [-0.15, -0.1) is 0 Å². The van der Waals surface area contributed by atoms with Crippen molar-refractivity contribution in [3.63, 3.8) is 0 Å². The van der Waals surface area contributed by atoms with Crippen LogP contribution in [-0.4, -0.2) is 9.91 Å². The van der Waals surface area contributed by atoms with Crippen molar-refractivity contribution in [2.24, 2.45) is 0 Å². The number of nitrogens with one attached hydrogen (secondary N) is 1. The zero-order chi connectivity index (χ0) is 13.2. The molecule has 0 saturated carbocycles. The second kappa shape index (κ2) is 4.57. The normalized spacial score (nSPS) is 10.7. The van der Waals surface area contributed by atoms with Crippen LogP contribution in [0.3, 0.4) is 0 Å². The Kier molecular flexibility index (Phi) is 2.76. The number of rotatable bonds is 3. The van der Waals surface area contributed by atoms with E-state index in [1.54, 1.807) is 24.3 Å². The number of aromatic nitrogens is 1. The van der Waals surface area contributed by atoms with Crippen LogP contribution in [0.25, 0.3) is 10.9 Å². The number of fused-ring (bicyclic) bond motifs is 1. The number of nitro groups is 1. The van der Waals surface area contributed by atoms with Crippen LogP contribution in [0.5, 0.6) is 0 Å². The lowest BCUT2D eigenvalue weighted by Crippen LogP contribution is -1.90. The van der Waals surface area contributed by atoms with Crippen LogP contribution >= 0.6 is 0 Å². The Balaban J connectivity index is 1.90. The SMILES string of the molecule is O=[N+]([O-])c1ccc(Cc2c[nH]c3ccccc23)cc1. The molecule has 19 heavy (non-hydrogen) atoms. The molecule has 4 heteroatoms. The van der Waals surface area contributed by atoms with Gasteiger partial charge in [0, 0.05) is 29.2 Å². The quantitative estimate of drug-likeness (QED) is 0.571. The van der Waals surface area contributed by atoms with E-state index in [-0.39, 0.29) is 10.6 Å². The standard InChI is InChI=1S/C15H12N2O2/c18-17(19)13-7-5-11(6-8-13)9-12-10-16-15-4-2-1-3-14(12)15/h1-8,10,16H,9H2. The van der Waals surface area contributed by atoms with Crippen molar-refractivity contribution in [1.82, 2.24) is 4.98 Å². The molecule has 0 amide bonds. The number of benzene rings is 2. The molecule has 0 unspecified atom stereocenters. The maximum absolute atomic E-state index is 10.6. The summed E-state index contributed by atoms with van der Waals surface area (Å²) < 4.78 is 0. The fourth-order valence-electron chi connectivity index (χ4n) is 2.23. The summed E-state index contributed by atoms with van der Waals surface area (Å²) in [5.41, 5.74) is 3.50. The average molecular weight is 252 g/mol. The summed E-state index contributed by atoms with van der Waals surface area (Å²) in [6.45, 7) is 0. The van der Waals surface area contributed by atoms with Crippen molar-refractivity contribution in [2.45, 2.75) is 6.42 Å². The minimum Gasteiger partial charge on any atom is -0.361 e. The smallest absolute Gasteiger partial charge is 0.269 e. The fraction of sp³-hybridized carbons (Fsp3) is 0.0667. The second-order valence-corrected chi connectivity index (χ2v) is 4.46. The molecule has 0 saturated heterocycles. The lowest BCUT2D eigenvalue weighted by molar-refractivity contribution is -0.384. The summed E-state index contributed by atoms with van der Waals surface area (Å²) in [7, 11) is 0. The van der Waals surface area contributed by atoms with Gasteiger partial charge in [-0.2, -0.15) is 0 Å². The summed E-state index contributed by atoms with van der Waals surface area (Å²) in [5.74, 6) is 0. The molecule has 0 aliphatic rings. The largest absolute Gasteiger partial charge is 0.361 e. The number of nitrogens with zero attached hydrogens (tertiary/aromatic N) is 1. The molecule has 0 aliphatic heterocycles. The molecule has 0 fully saturated rings. The fourth-order valence-corrected chi connectivity index (χ4v) is 2.23. The van der Waals surface area contributed by atoms with Crippen LogP contribution in [0.2, 0.25) is 0 Å². The molecule has 94 valence electrons. The Morgan fingerprint density at radius 3 is 2.53 bits per heavy atom. The Hall–Kier alpha value is -2.62. The Labute approximate surface area is 109 Å². The van der Waals surface area contributed by atoms with Crippen LogP contribution in [0.1, 0.15) is 11.1 Å². The maximum Gasteiger partial charge on any atom is 0.269 e. The lowest BCUT2D eigenvalue weighted by atomic mass is 10.0. The monoisotopic (exact) mass is 252 g/mol. The molecule has 4 nitrogen and oxygen atoms in total. The number of para-hydroxylation sites is 1. The van der Waals surface area contributed by atoms with Crippen LogP contribution in [0.4, 0.5) is 5.69 Å². The number of hydrogen-bond donors (Lipinski definition) is 1. The molecule has 1 N–H and O–H groups in total. The van der Waals surface area contributed by atoms with Gasteiger partial charge in [-0.1, -0.05) is 30.3 Å². The number of hydrogen-bond acceptors (Lipinski definition) is 2. The Morgan fingerprint density at radius 1 is 1.05 bits per heavy atom. The van der Waals surface area contributed by atoms with Crippen LogP contribution in [0.15, 0.2) is 54.7 Å². The Bertz CT molecular complexity index is 729. The predicted octanol–water partition coefficient (Wildman–Crippen LogP) is 3.67. The van der Waals surface area contributed by atoms with Gasteiger partial charge in [0.15, 0.2) is 0 Å². The third-order valence-corrected chi connectivity index (χ3v) is 3.22. The van der Waals surface area contributed by atoms with Crippen molar-refractivity contribution < 1.29 is 4.92 Å². The Morgan fingerprint density at radius 2 is 1.79 bits per heavy atom. The predicted molar refractivity (Wildman–Crippen MR) is 74.2 cm³/mol. The van der Waals surface area contributed by atoms with Crippen molar-refractivity contribution >= 4 is 16.6 Å². The summed E-state index contributed by atoms with van der Waals surface area (Å²) in [6, 6.07) is 14.8.